The van der Waals surface area contributed by atoms with Gasteiger partial charge >= 0.3 is 0 Å². The third-order valence-electron chi connectivity index (χ3n) is 5.57. The molecule has 0 unspecified atom stereocenters. The SMILES string of the molecule is Cc1ccc(S(=O)(=O)N2C[C@H]3C[C@H](C3=O)[C@@H]2COCc2ccccc2)cc1. The van der Waals surface area contributed by atoms with Crippen molar-refractivity contribution in [1.29, 1.82) is 0 Å². The molecule has 0 radical (unpaired) electrons. The van der Waals surface area contributed by atoms with Crippen LogP contribution in [-0.2, 0) is 26.2 Å². The first-order valence-corrected chi connectivity index (χ1v) is 10.6. The number of ketones is 1. The van der Waals surface area contributed by atoms with Crippen LogP contribution in [0.25, 0.3) is 0 Å². The quantitative estimate of drug-likeness (QED) is 0.767. The number of sulfonamides is 1. The zero-order valence-corrected chi connectivity index (χ0v) is 16.1. The molecule has 1 aliphatic carbocycles. The topological polar surface area (TPSA) is 63.7 Å². The number of fused-ring (bicyclic) bond motifs is 2. The summed E-state index contributed by atoms with van der Waals surface area (Å²) < 4.78 is 33.7. The Labute approximate surface area is 160 Å². The van der Waals surface area contributed by atoms with Crippen molar-refractivity contribution in [2.75, 3.05) is 13.2 Å². The summed E-state index contributed by atoms with van der Waals surface area (Å²) in [5.74, 6) is -0.237. The summed E-state index contributed by atoms with van der Waals surface area (Å²) in [5.41, 5.74) is 2.03. The number of aryl methyl sites for hydroxylation is 1. The van der Waals surface area contributed by atoms with Gasteiger partial charge in [0.25, 0.3) is 0 Å². The number of carbonyl (C=O) groups excluding carboxylic acids is 1. The Hall–Kier alpha value is -2.02. The van der Waals surface area contributed by atoms with Crippen molar-refractivity contribution >= 4 is 15.8 Å². The zero-order valence-electron chi connectivity index (χ0n) is 15.2. The van der Waals surface area contributed by atoms with E-state index in [1.165, 1.54) is 4.31 Å². The Kier molecular flexibility index (Phi) is 4.88. The zero-order chi connectivity index (χ0) is 19.0. The second-order valence-electron chi connectivity index (χ2n) is 7.40. The molecule has 27 heavy (non-hydrogen) atoms. The first-order valence-electron chi connectivity index (χ1n) is 9.21. The second-order valence-corrected chi connectivity index (χ2v) is 9.29. The minimum atomic E-state index is -3.65. The minimum Gasteiger partial charge on any atom is -0.375 e. The maximum atomic E-state index is 13.2. The largest absolute Gasteiger partial charge is 0.375 e. The lowest BCUT2D eigenvalue weighted by atomic mass is 9.66. The predicted molar refractivity (Wildman–Crippen MR) is 102 cm³/mol. The molecule has 5 rings (SSSR count). The molecule has 2 saturated heterocycles. The number of benzene rings is 2. The Balaban J connectivity index is 1.53. The molecule has 2 bridgehead atoms. The van der Waals surface area contributed by atoms with Crippen LogP contribution in [0, 0.1) is 18.8 Å². The van der Waals surface area contributed by atoms with E-state index < -0.39 is 16.1 Å². The minimum absolute atomic E-state index is 0.166. The highest BCUT2D eigenvalue weighted by Gasteiger charge is 2.55. The monoisotopic (exact) mass is 385 g/mol. The van der Waals surface area contributed by atoms with Gasteiger partial charge in [-0.05, 0) is 31.0 Å². The number of ether oxygens (including phenoxy) is 1. The van der Waals surface area contributed by atoms with Gasteiger partial charge in [0, 0.05) is 18.4 Å². The molecule has 2 aromatic rings. The van der Waals surface area contributed by atoms with E-state index in [-0.39, 0.29) is 35.7 Å². The van der Waals surface area contributed by atoms with Crippen LogP contribution in [0.5, 0.6) is 0 Å². The average molecular weight is 385 g/mol. The summed E-state index contributed by atoms with van der Waals surface area (Å²) in [5, 5.41) is 0. The lowest BCUT2D eigenvalue weighted by Crippen LogP contribution is -2.64. The molecule has 0 aromatic heterocycles. The number of carbonyl (C=O) groups is 1. The normalized spacial score (nSPS) is 25.2. The van der Waals surface area contributed by atoms with Gasteiger partial charge in [-0.15, -0.1) is 0 Å². The fourth-order valence-electron chi connectivity index (χ4n) is 3.94. The van der Waals surface area contributed by atoms with Crippen molar-refractivity contribution < 1.29 is 17.9 Å². The highest BCUT2D eigenvalue weighted by molar-refractivity contribution is 7.89. The molecular formula is C21H23NO4S. The average Bonchev–Trinajstić information content (AvgIpc) is 2.68. The van der Waals surface area contributed by atoms with Crippen molar-refractivity contribution in [3.8, 4) is 0 Å². The lowest BCUT2D eigenvalue weighted by Gasteiger charge is -2.50. The van der Waals surface area contributed by atoms with Crippen molar-refractivity contribution in [3.05, 3.63) is 65.7 Å². The summed E-state index contributed by atoms with van der Waals surface area (Å²) >= 11 is 0. The Morgan fingerprint density at radius 3 is 2.44 bits per heavy atom. The van der Waals surface area contributed by atoms with Gasteiger partial charge in [0.1, 0.15) is 5.78 Å². The van der Waals surface area contributed by atoms with Crippen LogP contribution < -0.4 is 0 Å². The molecule has 0 amide bonds. The van der Waals surface area contributed by atoms with Gasteiger partial charge in [-0.25, -0.2) is 8.42 Å². The van der Waals surface area contributed by atoms with Crippen molar-refractivity contribution in [2.24, 2.45) is 11.8 Å². The smallest absolute Gasteiger partial charge is 0.243 e. The summed E-state index contributed by atoms with van der Waals surface area (Å²) in [7, 11) is -3.65. The van der Waals surface area contributed by atoms with E-state index in [4.69, 9.17) is 4.74 Å². The van der Waals surface area contributed by atoms with Crippen molar-refractivity contribution in [3.63, 3.8) is 0 Å². The van der Waals surface area contributed by atoms with Gasteiger partial charge in [-0.2, -0.15) is 4.31 Å². The molecule has 3 aliphatic rings. The number of piperidine rings is 2. The molecular weight excluding hydrogens is 362 g/mol. The maximum Gasteiger partial charge on any atom is 0.243 e. The number of rotatable bonds is 6. The first-order chi connectivity index (χ1) is 13.0. The Morgan fingerprint density at radius 2 is 1.78 bits per heavy atom. The molecule has 2 heterocycles. The predicted octanol–water partition coefficient (Wildman–Crippen LogP) is 2.79. The molecule has 0 spiro atoms. The standard InChI is InChI=1S/C21H23NO4S/c1-15-7-9-18(10-8-15)27(24,25)22-12-17-11-19(21(17)23)20(22)14-26-13-16-5-3-2-4-6-16/h2-10,17,19-20H,11-14H2,1H3/t17-,19+,20+/m1/s1. The van der Waals surface area contributed by atoms with Crippen LogP contribution in [0.3, 0.4) is 0 Å². The molecule has 3 atom stereocenters. The van der Waals surface area contributed by atoms with Gasteiger partial charge in [0.05, 0.1) is 24.2 Å². The third-order valence-corrected chi connectivity index (χ3v) is 7.47. The molecule has 0 N–H and O–H groups in total. The van der Waals surface area contributed by atoms with E-state index >= 15 is 0 Å². The number of hydrogen-bond acceptors (Lipinski definition) is 4. The molecule has 2 aromatic carbocycles. The van der Waals surface area contributed by atoms with Crippen LogP contribution in [0.15, 0.2) is 59.5 Å². The van der Waals surface area contributed by atoms with Gasteiger partial charge < -0.3 is 4.74 Å². The van der Waals surface area contributed by atoms with Crippen LogP contribution in [0.4, 0.5) is 0 Å². The van der Waals surface area contributed by atoms with E-state index in [1.807, 2.05) is 37.3 Å². The van der Waals surface area contributed by atoms with Crippen LogP contribution in [0.2, 0.25) is 0 Å². The number of nitrogens with zero attached hydrogens (tertiary/aromatic N) is 1. The number of hydrogen-bond donors (Lipinski definition) is 0. The molecule has 1 saturated carbocycles. The van der Waals surface area contributed by atoms with E-state index in [1.54, 1.807) is 24.3 Å². The van der Waals surface area contributed by atoms with Crippen LogP contribution in [0.1, 0.15) is 17.5 Å². The number of Topliss-reactive ketones (excluding diaryl/α,β-unsaturated/α-hetero) is 1. The molecule has 2 aliphatic heterocycles. The van der Waals surface area contributed by atoms with Gasteiger partial charge in [0.2, 0.25) is 10.0 Å². The molecule has 5 nitrogen and oxygen atoms in total. The Morgan fingerprint density at radius 1 is 1.07 bits per heavy atom. The van der Waals surface area contributed by atoms with Crippen molar-refractivity contribution in [1.82, 2.24) is 4.31 Å². The van der Waals surface area contributed by atoms with Crippen LogP contribution in [-0.4, -0.2) is 37.7 Å². The van der Waals surface area contributed by atoms with Crippen molar-refractivity contribution in [2.45, 2.75) is 30.9 Å². The highest BCUT2D eigenvalue weighted by Crippen LogP contribution is 2.43. The maximum absolute atomic E-state index is 13.2. The fourth-order valence-corrected chi connectivity index (χ4v) is 5.63. The van der Waals surface area contributed by atoms with Gasteiger partial charge in [0.15, 0.2) is 0 Å². The lowest BCUT2D eigenvalue weighted by molar-refractivity contribution is -0.147. The van der Waals surface area contributed by atoms with E-state index in [2.05, 4.69) is 0 Å². The third kappa shape index (κ3) is 3.45. The summed E-state index contributed by atoms with van der Waals surface area (Å²) in [6.07, 6.45) is 0.762. The summed E-state index contributed by atoms with van der Waals surface area (Å²) in [6.45, 7) is 2.81. The highest BCUT2D eigenvalue weighted by atomic mass is 32.2. The first kappa shape index (κ1) is 18.3. The summed E-state index contributed by atoms with van der Waals surface area (Å²) in [6, 6.07) is 16.2. The molecule has 142 valence electrons. The Bertz CT molecular complexity index is 924. The van der Waals surface area contributed by atoms with E-state index in [0.29, 0.717) is 6.61 Å². The van der Waals surface area contributed by atoms with E-state index in [0.717, 1.165) is 17.5 Å². The van der Waals surface area contributed by atoms with Crippen LogP contribution >= 0.6 is 0 Å². The molecule has 3 fully saturated rings. The second kappa shape index (κ2) is 7.19. The van der Waals surface area contributed by atoms with E-state index in [9.17, 15) is 13.2 Å². The van der Waals surface area contributed by atoms with Gasteiger partial charge in [-0.1, -0.05) is 48.0 Å². The molecule has 6 heteroatoms. The fraction of sp³-hybridized carbons (Fsp3) is 0.381. The van der Waals surface area contributed by atoms with Gasteiger partial charge in [-0.3, -0.25) is 4.79 Å². The summed E-state index contributed by atoms with van der Waals surface area (Å²) in [4.78, 5) is 12.5.